The molecule has 2 amide bonds. The van der Waals surface area contributed by atoms with Crippen molar-refractivity contribution in [2.75, 3.05) is 44.2 Å². The molecule has 166 valence electrons. The molecule has 0 unspecified atom stereocenters. The quantitative estimate of drug-likeness (QED) is 0.626. The Labute approximate surface area is 189 Å². The Bertz CT molecular complexity index is 881. The number of carbonyl (C=O) groups excluding carboxylic acids is 2. The molecule has 1 fully saturated rings. The van der Waals surface area contributed by atoms with E-state index in [1.165, 1.54) is 11.8 Å². The van der Waals surface area contributed by atoms with Crippen LogP contribution in [0.15, 0.2) is 36.5 Å². The summed E-state index contributed by atoms with van der Waals surface area (Å²) in [5, 5.41) is 0.250. The predicted octanol–water partition coefficient (Wildman–Crippen LogP) is 3.28. The Hall–Kier alpha value is -2.67. The van der Waals surface area contributed by atoms with Gasteiger partial charge in [-0.3, -0.25) is 9.59 Å². The average molecular weight is 444 g/mol. The van der Waals surface area contributed by atoms with E-state index in [1.807, 2.05) is 41.8 Å². The van der Waals surface area contributed by atoms with Crippen LogP contribution in [0.4, 0.5) is 5.95 Å². The van der Waals surface area contributed by atoms with Crippen LogP contribution >= 0.6 is 11.6 Å². The van der Waals surface area contributed by atoms with Gasteiger partial charge in [-0.25, -0.2) is 9.97 Å². The van der Waals surface area contributed by atoms with Crippen LogP contribution < -0.4 is 4.90 Å². The van der Waals surface area contributed by atoms with Crippen LogP contribution in [0.5, 0.6) is 0 Å². The molecule has 1 saturated heterocycles. The zero-order chi connectivity index (χ0) is 22.2. The summed E-state index contributed by atoms with van der Waals surface area (Å²) in [5.74, 6) is 0.439. The van der Waals surface area contributed by atoms with E-state index in [4.69, 9.17) is 11.6 Å². The third-order valence-electron chi connectivity index (χ3n) is 5.60. The van der Waals surface area contributed by atoms with Gasteiger partial charge in [-0.05, 0) is 32.3 Å². The molecule has 0 saturated carbocycles. The van der Waals surface area contributed by atoms with Crippen molar-refractivity contribution in [2.24, 2.45) is 0 Å². The SMILES string of the molecule is CCN(CC)c1ncc(Cl)c(C(=O)N2CCN(C(=O)CCCc3ccccc3)CC2)n1. The summed E-state index contributed by atoms with van der Waals surface area (Å²) in [4.78, 5) is 39.8. The molecule has 1 aliphatic heterocycles. The number of aromatic nitrogens is 2. The molecule has 2 aromatic rings. The number of hydrogen-bond donors (Lipinski definition) is 0. The van der Waals surface area contributed by atoms with E-state index < -0.39 is 0 Å². The van der Waals surface area contributed by atoms with Gasteiger partial charge >= 0.3 is 0 Å². The van der Waals surface area contributed by atoms with Crippen molar-refractivity contribution >= 4 is 29.4 Å². The highest BCUT2D eigenvalue weighted by Gasteiger charge is 2.27. The smallest absolute Gasteiger partial charge is 0.274 e. The Morgan fingerprint density at radius 3 is 2.32 bits per heavy atom. The van der Waals surface area contributed by atoms with E-state index in [9.17, 15) is 9.59 Å². The lowest BCUT2D eigenvalue weighted by atomic mass is 10.1. The topological polar surface area (TPSA) is 69.6 Å². The first kappa shape index (κ1) is 23.0. The molecule has 0 aliphatic carbocycles. The van der Waals surface area contributed by atoms with Crippen LogP contribution in [-0.4, -0.2) is 70.9 Å². The fourth-order valence-corrected chi connectivity index (χ4v) is 3.89. The van der Waals surface area contributed by atoms with Gasteiger partial charge in [0, 0.05) is 45.7 Å². The van der Waals surface area contributed by atoms with Crippen molar-refractivity contribution in [1.82, 2.24) is 19.8 Å². The largest absolute Gasteiger partial charge is 0.341 e. The number of benzene rings is 1. The predicted molar refractivity (Wildman–Crippen MR) is 122 cm³/mol. The maximum Gasteiger partial charge on any atom is 0.274 e. The molecule has 7 nitrogen and oxygen atoms in total. The van der Waals surface area contributed by atoms with Gasteiger partial charge in [-0.15, -0.1) is 0 Å². The molecule has 3 rings (SSSR count). The van der Waals surface area contributed by atoms with Gasteiger partial charge in [0.15, 0.2) is 5.69 Å². The van der Waals surface area contributed by atoms with E-state index >= 15 is 0 Å². The Kier molecular flexibility index (Phi) is 8.23. The minimum Gasteiger partial charge on any atom is -0.341 e. The van der Waals surface area contributed by atoms with Crippen molar-refractivity contribution in [3.05, 3.63) is 52.8 Å². The summed E-state index contributed by atoms with van der Waals surface area (Å²) >= 11 is 6.23. The number of halogens is 1. The third-order valence-corrected chi connectivity index (χ3v) is 5.88. The van der Waals surface area contributed by atoms with E-state index in [1.54, 1.807) is 4.90 Å². The lowest BCUT2D eigenvalue weighted by Gasteiger charge is -2.35. The first-order valence-corrected chi connectivity index (χ1v) is 11.3. The zero-order valence-electron chi connectivity index (χ0n) is 18.3. The number of amides is 2. The van der Waals surface area contributed by atoms with Crippen LogP contribution in [0.1, 0.15) is 42.7 Å². The lowest BCUT2D eigenvalue weighted by Crippen LogP contribution is -2.50. The summed E-state index contributed by atoms with van der Waals surface area (Å²) in [6.45, 7) is 7.53. The van der Waals surface area contributed by atoms with E-state index in [-0.39, 0.29) is 22.5 Å². The molecule has 8 heteroatoms. The standard InChI is InChI=1S/C23H30ClN5O2/c1-3-27(4-2)23-25-17-19(24)21(26-23)22(31)29-15-13-28(14-16-29)20(30)12-8-11-18-9-6-5-7-10-18/h5-7,9-10,17H,3-4,8,11-16H2,1-2H3. The average Bonchev–Trinajstić information content (AvgIpc) is 2.81. The van der Waals surface area contributed by atoms with Gasteiger partial charge in [0.1, 0.15) is 0 Å². The van der Waals surface area contributed by atoms with E-state index in [2.05, 4.69) is 22.1 Å². The van der Waals surface area contributed by atoms with Gasteiger partial charge in [0.2, 0.25) is 11.9 Å². The highest BCUT2D eigenvalue weighted by atomic mass is 35.5. The van der Waals surface area contributed by atoms with Gasteiger partial charge in [0.05, 0.1) is 11.2 Å². The van der Waals surface area contributed by atoms with E-state index in [0.29, 0.717) is 38.5 Å². The molecular formula is C23H30ClN5O2. The lowest BCUT2D eigenvalue weighted by molar-refractivity contribution is -0.132. The first-order valence-electron chi connectivity index (χ1n) is 10.9. The van der Waals surface area contributed by atoms with Crippen LogP contribution in [0, 0.1) is 0 Å². The molecule has 0 bridgehead atoms. The number of piperazine rings is 1. The number of rotatable bonds is 8. The van der Waals surface area contributed by atoms with Crippen molar-refractivity contribution in [3.8, 4) is 0 Å². The summed E-state index contributed by atoms with van der Waals surface area (Å²) in [7, 11) is 0. The van der Waals surface area contributed by atoms with Crippen molar-refractivity contribution in [3.63, 3.8) is 0 Å². The fraction of sp³-hybridized carbons (Fsp3) is 0.478. The number of nitrogens with zero attached hydrogens (tertiary/aromatic N) is 5. The molecule has 1 aromatic carbocycles. The Morgan fingerprint density at radius 2 is 1.68 bits per heavy atom. The molecule has 0 N–H and O–H groups in total. The van der Waals surface area contributed by atoms with Crippen LogP contribution in [-0.2, 0) is 11.2 Å². The molecule has 0 atom stereocenters. The summed E-state index contributed by atoms with van der Waals surface area (Å²) in [6, 6.07) is 10.2. The Balaban J connectivity index is 1.52. The highest BCUT2D eigenvalue weighted by molar-refractivity contribution is 6.33. The number of hydrogen-bond acceptors (Lipinski definition) is 5. The molecule has 1 aromatic heterocycles. The van der Waals surface area contributed by atoms with Crippen LogP contribution in [0.2, 0.25) is 5.02 Å². The number of carbonyl (C=O) groups is 2. The number of aryl methyl sites for hydroxylation is 1. The minimum atomic E-state index is -0.211. The second kappa shape index (κ2) is 11.1. The van der Waals surface area contributed by atoms with Gasteiger partial charge in [0.25, 0.3) is 5.91 Å². The normalized spacial score (nSPS) is 13.9. The summed E-state index contributed by atoms with van der Waals surface area (Å²) in [5.41, 5.74) is 1.47. The molecule has 1 aliphatic rings. The molecule has 0 radical (unpaired) electrons. The molecule has 31 heavy (non-hydrogen) atoms. The second-order valence-corrected chi connectivity index (χ2v) is 7.96. The Morgan fingerprint density at radius 1 is 1.03 bits per heavy atom. The van der Waals surface area contributed by atoms with E-state index in [0.717, 1.165) is 25.9 Å². The highest BCUT2D eigenvalue weighted by Crippen LogP contribution is 2.19. The van der Waals surface area contributed by atoms with Gasteiger partial charge in [-0.2, -0.15) is 0 Å². The molecule has 2 heterocycles. The van der Waals surface area contributed by atoms with Crippen molar-refractivity contribution < 1.29 is 9.59 Å². The first-order chi connectivity index (χ1) is 15.0. The van der Waals surface area contributed by atoms with Gasteiger partial charge < -0.3 is 14.7 Å². The monoisotopic (exact) mass is 443 g/mol. The molecular weight excluding hydrogens is 414 g/mol. The summed E-state index contributed by atoms with van der Waals surface area (Å²) in [6.07, 6.45) is 3.73. The van der Waals surface area contributed by atoms with Gasteiger partial charge in [-0.1, -0.05) is 41.9 Å². The maximum atomic E-state index is 13.0. The zero-order valence-corrected chi connectivity index (χ0v) is 19.0. The van der Waals surface area contributed by atoms with Crippen LogP contribution in [0.25, 0.3) is 0 Å². The maximum absolute atomic E-state index is 13.0. The third kappa shape index (κ3) is 5.94. The second-order valence-electron chi connectivity index (χ2n) is 7.55. The minimum absolute atomic E-state index is 0.145. The fourth-order valence-electron chi connectivity index (χ4n) is 3.72. The number of anilines is 1. The summed E-state index contributed by atoms with van der Waals surface area (Å²) < 4.78 is 0. The van der Waals surface area contributed by atoms with Crippen molar-refractivity contribution in [1.29, 1.82) is 0 Å². The van der Waals surface area contributed by atoms with Crippen LogP contribution in [0.3, 0.4) is 0 Å². The van der Waals surface area contributed by atoms with Crippen molar-refractivity contribution in [2.45, 2.75) is 33.1 Å². The molecule has 0 spiro atoms.